The topological polar surface area (TPSA) is 0 Å². The third-order valence-corrected chi connectivity index (χ3v) is 7.07. The Morgan fingerprint density at radius 3 is 1.89 bits per heavy atom. The quantitative estimate of drug-likeness (QED) is 0.516. The largest absolute Gasteiger partial charge is 0.0805 e. The van der Waals surface area contributed by atoms with Crippen LogP contribution >= 0.6 is 0 Å². The lowest BCUT2D eigenvalue weighted by atomic mass is 9.77. The molecule has 0 amide bonds. The first kappa shape index (κ1) is 18.5. The Hall–Kier alpha value is -1.82. The zero-order chi connectivity index (χ0) is 18.6. The molecule has 0 nitrogen and oxygen atoms in total. The summed E-state index contributed by atoms with van der Waals surface area (Å²) < 4.78 is 0. The SMILES string of the molecule is CC[C@H]1CC[C@H](c2ccc(-c3ccc(C4=CCC(C)CC4)cc3)cc2)CC1. The van der Waals surface area contributed by atoms with E-state index in [1.54, 1.807) is 5.56 Å². The average Bonchev–Trinajstić information content (AvgIpc) is 2.75. The van der Waals surface area contributed by atoms with Gasteiger partial charge in [0.05, 0.1) is 0 Å². The van der Waals surface area contributed by atoms with Gasteiger partial charge in [0.15, 0.2) is 0 Å². The summed E-state index contributed by atoms with van der Waals surface area (Å²) in [5, 5.41) is 0. The highest BCUT2D eigenvalue weighted by Gasteiger charge is 2.21. The van der Waals surface area contributed by atoms with Crippen molar-refractivity contribution in [3.63, 3.8) is 0 Å². The number of hydrogen-bond donors (Lipinski definition) is 0. The van der Waals surface area contributed by atoms with Gasteiger partial charge >= 0.3 is 0 Å². The third kappa shape index (κ3) is 4.37. The van der Waals surface area contributed by atoms with E-state index in [0.29, 0.717) is 0 Å². The van der Waals surface area contributed by atoms with Crippen molar-refractivity contribution in [3.05, 3.63) is 65.7 Å². The molecule has 0 aliphatic heterocycles. The van der Waals surface area contributed by atoms with Crippen LogP contribution in [0.5, 0.6) is 0 Å². The highest BCUT2D eigenvalue weighted by molar-refractivity contribution is 5.71. The molecule has 0 spiro atoms. The fraction of sp³-hybridized carbons (Fsp3) is 0.481. The van der Waals surface area contributed by atoms with Crippen LogP contribution in [0.25, 0.3) is 16.7 Å². The van der Waals surface area contributed by atoms with Crippen molar-refractivity contribution >= 4 is 5.57 Å². The molecule has 0 aromatic heterocycles. The Morgan fingerprint density at radius 1 is 0.741 bits per heavy atom. The van der Waals surface area contributed by atoms with E-state index in [9.17, 15) is 0 Å². The summed E-state index contributed by atoms with van der Waals surface area (Å²) in [6, 6.07) is 18.7. The highest BCUT2D eigenvalue weighted by Crippen LogP contribution is 2.37. The molecule has 1 saturated carbocycles. The molecule has 1 unspecified atom stereocenters. The van der Waals surface area contributed by atoms with E-state index in [1.165, 1.54) is 73.6 Å². The Balaban J connectivity index is 1.43. The summed E-state index contributed by atoms with van der Waals surface area (Å²) in [7, 11) is 0. The number of rotatable bonds is 4. The smallest absolute Gasteiger partial charge is 0.0162 e. The van der Waals surface area contributed by atoms with Crippen molar-refractivity contribution in [1.82, 2.24) is 0 Å². The first-order valence-electron chi connectivity index (χ1n) is 11.1. The Labute approximate surface area is 165 Å². The lowest BCUT2D eigenvalue weighted by Gasteiger charge is -2.28. The maximum atomic E-state index is 2.45. The Morgan fingerprint density at radius 2 is 1.33 bits per heavy atom. The number of benzene rings is 2. The van der Waals surface area contributed by atoms with E-state index >= 15 is 0 Å². The Bertz CT molecular complexity index is 755. The summed E-state index contributed by atoms with van der Waals surface area (Å²) in [4.78, 5) is 0. The molecule has 1 fully saturated rings. The zero-order valence-electron chi connectivity index (χ0n) is 17.1. The minimum Gasteiger partial charge on any atom is -0.0805 e. The molecule has 2 aromatic carbocycles. The molecule has 0 bridgehead atoms. The molecule has 0 heteroatoms. The standard InChI is InChI=1S/C27H34/c1-3-21-6-10-23(11-7-21)25-14-18-27(19-15-25)26-16-12-24(13-17-26)22-8-4-20(2)5-9-22/h8,12-21,23H,3-7,9-11H2,1-2H3/t20?,21-,23-. The summed E-state index contributed by atoms with van der Waals surface area (Å²) in [6.07, 6.45) is 13.2. The van der Waals surface area contributed by atoms with Gasteiger partial charge in [-0.1, -0.05) is 74.9 Å². The second-order valence-corrected chi connectivity index (χ2v) is 8.93. The first-order chi connectivity index (χ1) is 13.2. The van der Waals surface area contributed by atoms with Crippen LogP contribution in [0.3, 0.4) is 0 Å². The van der Waals surface area contributed by atoms with Crippen molar-refractivity contribution in [3.8, 4) is 11.1 Å². The van der Waals surface area contributed by atoms with E-state index in [2.05, 4.69) is 68.5 Å². The van der Waals surface area contributed by atoms with Gasteiger partial charge in [-0.15, -0.1) is 0 Å². The first-order valence-corrected chi connectivity index (χ1v) is 11.1. The summed E-state index contributed by atoms with van der Waals surface area (Å²) in [5.74, 6) is 2.61. The second-order valence-electron chi connectivity index (χ2n) is 8.93. The minimum absolute atomic E-state index is 0.782. The zero-order valence-corrected chi connectivity index (χ0v) is 17.1. The van der Waals surface area contributed by atoms with Crippen LogP contribution in [0.4, 0.5) is 0 Å². The normalized spacial score (nSPS) is 25.9. The Kier molecular flexibility index (Phi) is 5.81. The average molecular weight is 359 g/mol. The van der Waals surface area contributed by atoms with Crippen LogP contribution in [0, 0.1) is 11.8 Å². The van der Waals surface area contributed by atoms with Crippen LogP contribution in [0.15, 0.2) is 54.6 Å². The van der Waals surface area contributed by atoms with Crippen molar-refractivity contribution in [2.75, 3.05) is 0 Å². The van der Waals surface area contributed by atoms with Gasteiger partial charge in [-0.25, -0.2) is 0 Å². The maximum absolute atomic E-state index is 2.45. The molecule has 4 rings (SSSR count). The number of allylic oxidation sites excluding steroid dienone is 2. The molecular weight excluding hydrogens is 324 g/mol. The lowest BCUT2D eigenvalue weighted by Crippen LogP contribution is -2.12. The van der Waals surface area contributed by atoms with Crippen LogP contribution in [0.2, 0.25) is 0 Å². The van der Waals surface area contributed by atoms with Crippen LogP contribution in [-0.4, -0.2) is 0 Å². The predicted molar refractivity (Wildman–Crippen MR) is 118 cm³/mol. The van der Waals surface area contributed by atoms with Gasteiger partial charge in [0.1, 0.15) is 0 Å². The highest BCUT2D eigenvalue weighted by atomic mass is 14.3. The van der Waals surface area contributed by atoms with Crippen molar-refractivity contribution in [1.29, 1.82) is 0 Å². The molecule has 142 valence electrons. The molecule has 27 heavy (non-hydrogen) atoms. The van der Waals surface area contributed by atoms with Crippen molar-refractivity contribution in [2.45, 2.75) is 71.1 Å². The summed E-state index contributed by atoms with van der Waals surface area (Å²) >= 11 is 0. The van der Waals surface area contributed by atoms with E-state index < -0.39 is 0 Å². The van der Waals surface area contributed by atoms with E-state index in [-0.39, 0.29) is 0 Å². The van der Waals surface area contributed by atoms with Crippen molar-refractivity contribution in [2.24, 2.45) is 11.8 Å². The van der Waals surface area contributed by atoms with Crippen LogP contribution in [0.1, 0.15) is 82.3 Å². The fourth-order valence-corrected chi connectivity index (χ4v) is 4.96. The second kappa shape index (κ2) is 8.46. The monoisotopic (exact) mass is 358 g/mol. The van der Waals surface area contributed by atoms with Gasteiger partial charge in [-0.2, -0.15) is 0 Å². The van der Waals surface area contributed by atoms with E-state index in [4.69, 9.17) is 0 Å². The minimum atomic E-state index is 0.782. The number of hydrogen-bond acceptors (Lipinski definition) is 0. The summed E-state index contributed by atoms with van der Waals surface area (Å²) in [5.41, 5.74) is 7.18. The van der Waals surface area contributed by atoms with Gasteiger partial charge in [-0.3, -0.25) is 0 Å². The third-order valence-electron chi connectivity index (χ3n) is 7.07. The van der Waals surface area contributed by atoms with Crippen molar-refractivity contribution < 1.29 is 0 Å². The van der Waals surface area contributed by atoms with Gasteiger partial charge in [0.25, 0.3) is 0 Å². The van der Waals surface area contributed by atoms with Crippen LogP contribution < -0.4 is 0 Å². The molecule has 1 atom stereocenters. The molecule has 0 radical (unpaired) electrons. The lowest BCUT2D eigenvalue weighted by molar-refractivity contribution is 0.319. The molecule has 0 N–H and O–H groups in total. The molecule has 0 saturated heterocycles. The molecule has 0 heterocycles. The van der Waals surface area contributed by atoms with E-state index in [1.807, 2.05) is 0 Å². The van der Waals surface area contributed by atoms with E-state index in [0.717, 1.165) is 17.8 Å². The molecule has 2 aromatic rings. The van der Waals surface area contributed by atoms with Gasteiger partial charge in [0.2, 0.25) is 0 Å². The molecular formula is C27H34. The van der Waals surface area contributed by atoms with Gasteiger partial charge in [0, 0.05) is 0 Å². The maximum Gasteiger partial charge on any atom is -0.0162 e. The predicted octanol–water partition coefficient (Wildman–Crippen LogP) is 8.24. The van der Waals surface area contributed by atoms with Crippen LogP contribution in [-0.2, 0) is 0 Å². The molecule has 2 aliphatic carbocycles. The fourth-order valence-electron chi connectivity index (χ4n) is 4.96. The summed E-state index contributed by atoms with van der Waals surface area (Å²) in [6.45, 7) is 4.70. The van der Waals surface area contributed by atoms with Gasteiger partial charge < -0.3 is 0 Å². The van der Waals surface area contributed by atoms with Gasteiger partial charge in [-0.05, 0) is 90.5 Å². The molecule has 2 aliphatic rings.